The normalized spacial score (nSPS) is 16.2. The highest BCUT2D eigenvalue weighted by Gasteiger charge is 2.23. The number of rotatable bonds is 4. The van der Waals surface area contributed by atoms with Crippen LogP contribution in [0.1, 0.15) is 57.7 Å². The number of furan rings is 1. The predicted octanol–water partition coefficient (Wildman–Crippen LogP) is 4.60. The van der Waals surface area contributed by atoms with E-state index in [1.165, 1.54) is 11.1 Å². The first kappa shape index (κ1) is 17.9. The lowest BCUT2D eigenvalue weighted by molar-refractivity contribution is 0.0902. The number of carbonyl (C=O) groups excluding carboxylic acids is 1. The predicted molar refractivity (Wildman–Crippen MR) is 104 cm³/mol. The average molecular weight is 384 g/mol. The number of benzene rings is 1. The molecule has 1 N–H and O–H groups in total. The van der Waals surface area contributed by atoms with E-state index < -0.39 is 0 Å². The van der Waals surface area contributed by atoms with E-state index >= 15 is 0 Å². The molecule has 3 aromatic rings. The maximum atomic E-state index is 12.7. The number of amides is 1. The van der Waals surface area contributed by atoms with Crippen LogP contribution in [-0.2, 0) is 13.0 Å². The molecule has 0 saturated heterocycles. The van der Waals surface area contributed by atoms with Gasteiger partial charge in [-0.3, -0.25) is 9.48 Å². The molecule has 2 aromatic heterocycles. The van der Waals surface area contributed by atoms with Crippen LogP contribution in [0.3, 0.4) is 0 Å². The van der Waals surface area contributed by atoms with Gasteiger partial charge in [0.15, 0.2) is 5.76 Å². The van der Waals surface area contributed by atoms with E-state index in [0.717, 1.165) is 30.7 Å². The second kappa shape index (κ2) is 7.24. The minimum absolute atomic E-state index is 0.0332. The number of fused-ring (bicyclic) bond motifs is 1. The summed E-state index contributed by atoms with van der Waals surface area (Å²) >= 11 is 6.19. The van der Waals surface area contributed by atoms with Crippen molar-refractivity contribution in [2.45, 2.75) is 45.7 Å². The van der Waals surface area contributed by atoms with Crippen molar-refractivity contribution in [3.63, 3.8) is 0 Å². The third-order valence-corrected chi connectivity index (χ3v) is 5.71. The van der Waals surface area contributed by atoms with Gasteiger partial charge in [-0.15, -0.1) is 0 Å². The average Bonchev–Trinajstić information content (AvgIpc) is 3.23. The van der Waals surface area contributed by atoms with Gasteiger partial charge in [0.1, 0.15) is 5.76 Å². The van der Waals surface area contributed by atoms with Gasteiger partial charge in [-0.05, 0) is 56.4 Å². The van der Waals surface area contributed by atoms with E-state index in [1.807, 2.05) is 32.0 Å². The largest absolute Gasteiger partial charge is 0.454 e. The van der Waals surface area contributed by atoms with E-state index in [0.29, 0.717) is 23.1 Å². The van der Waals surface area contributed by atoms with Crippen LogP contribution in [0.4, 0.5) is 0 Å². The summed E-state index contributed by atoms with van der Waals surface area (Å²) in [4.78, 5) is 12.7. The highest BCUT2D eigenvalue weighted by molar-refractivity contribution is 6.31. The molecule has 1 aliphatic carbocycles. The molecule has 5 nitrogen and oxygen atoms in total. The summed E-state index contributed by atoms with van der Waals surface area (Å²) in [5, 5.41) is 8.18. The van der Waals surface area contributed by atoms with Crippen LogP contribution < -0.4 is 5.32 Å². The number of nitrogens with one attached hydrogen (secondary N) is 1. The third kappa shape index (κ3) is 3.52. The Balaban J connectivity index is 1.47. The number of nitrogens with zero attached hydrogens (tertiary/aromatic N) is 2. The Kier molecular flexibility index (Phi) is 4.79. The van der Waals surface area contributed by atoms with E-state index in [4.69, 9.17) is 16.0 Å². The molecule has 2 heterocycles. The molecule has 0 spiro atoms. The number of aromatic nitrogens is 2. The van der Waals surface area contributed by atoms with E-state index in [1.54, 1.807) is 10.7 Å². The third-order valence-electron chi connectivity index (χ3n) is 5.16. The van der Waals surface area contributed by atoms with Gasteiger partial charge in [-0.1, -0.05) is 35.9 Å². The summed E-state index contributed by atoms with van der Waals surface area (Å²) in [5.41, 5.74) is 4.20. The number of halogens is 1. The smallest absolute Gasteiger partial charge is 0.287 e. The molecule has 27 heavy (non-hydrogen) atoms. The topological polar surface area (TPSA) is 60.1 Å². The molecule has 140 valence electrons. The van der Waals surface area contributed by atoms with Crippen molar-refractivity contribution in [2.75, 3.05) is 0 Å². The summed E-state index contributed by atoms with van der Waals surface area (Å²) in [7, 11) is 0. The lowest BCUT2D eigenvalue weighted by Gasteiger charge is -2.26. The molecule has 0 fully saturated rings. The molecular weight excluding hydrogens is 362 g/mol. The number of hydrogen-bond donors (Lipinski definition) is 1. The minimum Gasteiger partial charge on any atom is -0.454 e. The number of hydrogen-bond acceptors (Lipinski definition) is 3. The Morgan fingerprint density at radius 1 is 1.30 bits per heavy atom. The summed E-state index contributed by atoms with van der Waals surface area (Å²) in [6, 6.07) is 11.9. The van der Waals surface area contributed by atoms with Crippen LogP contribution in [0.2, 0.25) is 5.02 Å². The van der Waals surface area contributed by atoms with Crippen LogP contribution in [0.5, 0.6) is 0 Å². The second-order valence-electron chi connectivity index (χ2n) is 7.03. The first-order valence-electron chi connectivity index (χ1n) is 9.20. The van der Waals surface area contributed by atoms with Gasteiger partial charge in [0.05, 0.1) is 29.0 Å². The lowest BCUT2D eigenvalue weighted by Crippen LogP contribution is -2.30. The fourth-order valence-electron chi connectivity index (χ4n) is 3.69. The molecule has 0 bridgehead atoms. The molecule has 0 aliphatic heterocycles. The molecule has 0 radical (unpaired) electrons. The summed E-state index contributed by atoms with van der Waals surface area (Å²) in [5.74, 6) is 0.807. The van der Waals surface area contributed by atoms with Crippen molar-refractivity contribution in [2.24, 2.45) is 0 Å². The van der Waals surface area contributed by atoms with Gasteiger partial charge in [0, 0.05) is 0 Å². The second-order valence-corrected chi connectivity index (χ2v) is 7.40. The standard InChI is InChI=1S/C21H22ClN3O2/c1-13-20(22)14(2)25(24-13)12-16-10-11-19(27-16)21(26)23-18-9-5-7-15-6-3-4-8-17(15)18/h3-4,6,8,10-11,18H,5,7,9,12H2,1-2H3,(H,23,26). The van der Waals surface area contributed by atoms with Gasteiger partial charge < -0.3 is 9.73 Å². The van der Waals surface area contributed by atoms with Gasteiger partial charge in [0.2, 0.25) is 0 Å². The zero-order chi connectivity index (χ0) is 19.0. The van der Waals surface area contributed by atoms with E-state index in [2.05, 4.69) is 22.5 Å². The van der Waals surface area contributed by atoms with Crippen molar-refractivity contribution in [1.82, 2.24) is 15.1 Å². The molecule has 0 saturated carbocycles. The molecule has 1 atom stereocenters. The Bertz CT molecular complexity index is 989. The van der Waals surface area contributed by atoms with Gasteiger partial charge in [-0.25, -0.2) is 0 Å². The first-order chi connectivity index (χ1) is 13.0. The first-order valence-corrected chi connectivity index (χ1v) is 9.57. The number of carbonyl (C=O) groups is 1. The summed E-state index contributed by atoms with van der Waals surface area (Å²) < 4.78 is 7.55. The number of aryl methyl sites for hydroxylation is 2. The van der Waals surface area contributed by atoms with Gasteiger partial charge in [-0.2, -0.15) is 5.10 Å². The van der Waals surface area contributed by atoms with Crippen molar-refractivity contribution >= 4 is 17.5 Å². The van der Waals surface area contributed by atoms with Crippen LogP contribution in [0.25, 0.3) is 0 Å². The fraction of sp³-hybridized carbons (Fsp3) is 0.333. The van der Waals surface area contributed by atoms with Crippen LogP contribution in [0.15, 0.2) is 40.8 Å². The highest BCUT2D eigenvalue weighted by Crippen LogP contribution is 2.29. The van der Waals surface area contributed by atoms with E-state index in [9.17, 15) is 4.79 Å². The maximum absolute atomic E-state index is 12.7. The quantitative estimate of drug-likeness (QED) is 0.716. The Hall–Kier alpha value is -2.53. The lowest BCUT2D eigenvalue weighted by atomic mass is 9.88. The minimum atomic E-state index is -0.186. The Morgan fingerprint density at radius 3 is 2.89 bits per heavy atom. The summed E-state index contributed by atoms with van der Waals surface area (Å²) in [6.45, 7) is 4.23. The van der Waals surface area contributed by atoms with Gasteiger partial charge >= 0.3 is 0 Å². The van der Waals surface area contributed by atoms with Gasteiger partial charge in [0.25, 0.3) is 5.91 Å². The van der Waals surface area contributed by atoms with Crippen LogP contribution >= 0.6 is 11.6 Å². The molecule has 4 rings (SSSR count). The maximum Gasteiger partial charge on any atom is 0.287 e. The Morgan fingerprint density at radius 2 is 2.11 bits per heavy atom. The summed E-state index contributed by atoms with van der Waals surface area (Å²) in [6.07, 6.45) is 3.09. The zero-order valence-electron chi connectivity index (χ0n) is 15.5. The molecule has 1 amide bonds. The van der Waals surface area contributed by atoms with E-state index in [-0.39, 0.29) is 11.9 Å². The van der Waals surface area contributed by atoms with Crippen molar-refractivity contribution < 1.29 is 9.21 Å². The van der Waals surface area contributed by atoms with Crippen molar-refractivity contribution in [1.29, 1.82) is 0 Å². The monoisotopic (exact) mass is 383 g/mol. The van der Waals surface area contributed by atoms with Crippen LogP contribution in [-0.4, -0.2) is 15.7 Å². The molecule has 1 unspecified atom stereocenters. The Labute approximate surface area is 163 Å². The molecule has 1 aromatic carbocycles. The van der Waals surface area contributed by atoms with Crippen molar-refractivity contribution in [3.05, 3.63) is 75.5 Å². The SMILES string of the molecule is Cc1nn(Cc2ccc(C(=O)NC3CCCc4ccccc43)o2)c(C)c1Cl. The van der Waals surface area contributed by atoms with Crippen LogP contribution in [0, 0.1) is 13.8 Å². The van der Waals surface area contributed by atoms with Crippen molar-refractivity contribution in [3.8, 4) is 0 Å². The zero-order valence-corrected chi connectivity index (χ0v) is 16.2. The highest BCUT2D eigenvalue weighted by atomic mass is 35.5. The fourth-order valence-corrected chi connectivity index (χ4v) is 3.83. The molecule has 6 heteroatoms. The molecule has 1 aliphatic rings. The molecular formula is C21H22ClN3O2.